The number of halogens is 1. The van der Waals surface area contributed by atoms with Crippen LogP contribution in [0.3, 0.4) is 0 Å². The first kappa shape index (κ1) is 14.5. The number of rotatable bonds is 2. The highest BCUT2D eigenvalue weighted by atomic mass is 19.1. The zero-order chi connectivity index (χ0) is 14.9. The zero-order valence-electron chi connectivity index (χ0n) is 12.0. The molecule has 4 nitrogen and oxygen atoms in total. The van der Waals surface area contributed by atoms with Gasteiger partial charge in [-0.15, -0.1) is 0 Å². The van der Waals surface area contributed by atoms with Crippen molar-refractivity contribution in [2.24, 2.45) is 5.41 Å². The summed E-state index contributed by atoms with van der Waals surface area (Å²) in [5.41, 5.74) is 1.39. The van der Waals surface area contributed by atoms with Crippen LogP contribution in [0.1, 0.15) is 37.6 Å². The van der Waals surface area contributed by atoms with Crippen molar-refractivity contribution < 1.29 is 14.3 Å². The summed E-state index contributed by atoms with van der Waals surface area (Å²) in [5.74, 6) is -1.45. The van der Waals surface area contributed by atoms with Gasteiger partial charge in [-0.3, -0.25) is 0 Å². The normalized spacial score (nSPS) is 16.0. The van der Waals surface area contributed by atoms with Crippen molar-refractivity contribution in [1.82, 2.24) is 4.98 Å². The minimum Gasteiger partial charge on any atom is -0.478 e. The van der Waals surface area contributed by atoms with Gasteiger partial charge < -0.3 is 10.0 Å². The van der Waals surface area contributed by atoms with Gasteiger partial charge in [-0.2, -0.15) is 0 Å². The Morgan fingerprint density at radius 1 is 1.45 bits per heavy atom. The lowest BCUT2D eigenvalue weighted by atomic mass is 9.83. The Morgan fingerprint density at radius 3 is 2.65 bits per heavy atom. The highest BCUT2D eigenvalue weighted by Gasteiger charge is 2.24. The summed E-state index contributed by atoms with van der Waals surface area (Å²) < 4.78 is 13.1. The van der Waals surface area contributed by atoms with E-state index in [0.717, 1.165) is 18.7 Å². The fourth-order valence-corrected chi connectivity index (χ4v) is 2.38. The van der Waals surface area contributed by atoms with Crippen LogP contribution in [-0.4, -0.2) is 29.1 Å². The molecule has 108 valence electrons. The van der Waals surface area contributed by atoms with Crippen molar-refractivity contribution in [1.29, 1.82) is 0 Å². The summed E-state index contributed by atoms with van der Waals surface area (Å²) in [6, 6.07) is 1.02. The number of hydrogen-bond acceptors (Lipinski definition) is 3. The molecule has 0 aliphatic carbocycles. The molecule has 2 rings (SSSR count). The summed E-state index contributed by atoms with van der Waals surface area (Å²) in [5, 5.41) is 9.15. The number of carboxylic acids is 1. The van der Waals surface area contributed by atoms with E-state index in [1.807, 2.05) is 4.90 Å². The van der Waals surface area contributed by atoms with Crippen molar-refractivity contribution in [3.05, 3.63) is 35.3 Å². The maximum atomic E-state index is 13.1. The molecule has 0 spiro atoms. The van der Waals surface area contributed by atoms with Crippen molar-refractivity contribution in [2.45, 2.75) is 27.2 Å². The van der Waals surface area contributed by atoms with Gasteiger partial charge in [0.1, 0.15) is 17.2 Å². The molecule has 0 unspecified atom stereocenters. The first-order chi connectivity index (χ1) is 9.29. The van der Waals surface area contributed by atoms with E-state index in [1.54, 1.807) is 0 Å². The summed E-state index contributed by atoms with van der Waals surface area (Å²) in [4.78, 5) is 17.0. The maximum Gasteiger partial charge on any atom is 0.339 e. The van der Waals surface area contributed by atoms with E-state index in [4.69, 9.17) is 5.11 Å². The summed E-state index contributed by atoms with van der Waals surface area (Å²) >= 11 is 0. The van der Waals surface area contributed by atoms with Crippen LogP contribution in [0.25, 0.3) is 0 Å². The van der Waals surface area contributed by atoms with E-state index >= 15 is 0 Å². The number of aromatic nitrogens is 1. The molecule has 1 aliphatic heterocycles. The van der Waals surface area contributed by atoms with Crippen LogP contribution in [0.15, 0.2) is 23.9 Å². The molecule has 1 aromatic rings. The van der Waals surface area contributed by atoms with E-state index in [9.17, 15) is 9.18 Å². The van der Waals surface area contributed by atoms with Gasteiger partial charge in [0.05, 0.1) is 6.20 Å². The predicted octanol–water partition coefficient (Wildman–Crippen LogP) is 3.10. The predicted molar refractivity (Wildman–Crippen MR) is 75.5 cm³/mol. The summed E-state index contributed by atoms with van der Waals surface area (Å²) in [6.07, 6.45) is 4.03. The second-order valence-corrected chi connectivity index (χ2v) is 6.01. The molecule has 0 amide bonds. The molecule has 0 saturated heterocycles. The Kier molecular flexibility index (Phi) is 3.79. The molecule has 20 heavy (non-hydrogen) atoms. The number of carbonyl (C=O) groups is 1. The molecular weight excluding hydrogens is 259 g/mol. The molecule has 0 saturated carbocycles. The van der Waals surface area contributed by atoms with Gasteiger partial charge in [0, 0.05) is 13.1 Å². The van der Waals surface area contributed by atoms with Crippen LogP contribution in [0.5, 0.6) is 0 Å². The molecule has 0 aromatic carbocycles. The van der Waals surface area contributed by atoms with Crippen LogP contribution < -0.4 is 4.90 Å². The third-order valence-corrected chi connectivity index (χ3v) is 3.54. The van der Waals surface area contributed by atoms with Gasteiger partial charge in [0.2, 0.25) is 0 Å². The molecule has 0 radical (unpaired) electrons. The Labute approximate surface area is 117 Å². The Hall–Kier alpha value is -1.91. The van der Waals surface area contributed by atoms with Gasteiger partial charge >= 0.3 is 5.97 Å². The van der Waals surface area contributed by atoms with Gasteiger partial charge in [0.25, 0.3) is 0 Å². The van der Waals surface area contributed by atoms with Crippen LogP contribution >= 0.6 is 0 Å². The Balaban J connectivity index is 2.27. The van der Waals surface area contributed by atoms with Crippen LogP contribution in [-0.2, 0) is 0 Å². The fraction of sp³-hybridized carbons (Fsp3) is 0.467. The number of pyridine rings is 1. The number of carboxylic acid groups (broad SMARTS) is 1. The smallest absolute Gasteiger partial charge is 0.339 e. The lowest BCUT2D eigenvalue weighted by Crippen LogP contribution is -2.33. The number of anilines is 1. The standard InChI is InChI=1S/C15H19FN2O2/c1-15(2,3)10-4-6-18(7-5-10)13-12(14(19)20)8-11(16)9-17-13/h4,8-9H,5-7H2,1-3H3,(H,19,20). The third kappa shape index (κ3) is 2.98. The Bertz CT molecular complexity index is 561. The monoisotopic (exact) mass is 278 g/mol. The van der Waals surface area contributed by atoms with E-state index in [-0.39, 0.29) is 11.0 Å². The van der Waals surface area contributed by atoms with Crippen LogP contribution in [0, 0.1) is 11.2 Å². The van der Waals surface area contributed by atoms with Crippen LogP contribution in [0.4, 0.5) is 10.2 Å². The average molecular weight is 278 g/mol. The summed E-state index contributed by atoms with van der Waals surface area (Å²) in [6.45, 7) is 7.78. The van der Waals surface area contributed by atoms with Crippen molar-refractivity contribution >= 4 is 11.8 Å². The molecule has 1 aromatic heterocycles. The second kappa shape index (κ2) is 5.23. The van der Waals surface area contributed by atoms with E-state index in [0.29, 0.717) is 18.9 Å². The molecule has 0 fully saturated rings. The molecule has 1 aliphatic rings. The van der Waals surface area contributed by atoms with E-state index in [2.05, 4.69) is 31.8 Å². The molecule has 2 heterocycles. The quantitative estimate of drug-likeness (QED) is 0.845. The van der Waals surface area contributed by atoms with E-state index in [1.165, 1.54) is 5.57 Å². The molecule has 5 heteroatoms. The van der Waals surface area contributed by atoms with Crippen molar-refractivity contribution in [3.8, 4) is 0 Å². The first-order valence-electron chi connectivity index (χ1n) is 6.62. The van der Waals surface area contributed by atoms with E-state index < -0.39 is 11.8 Å². The topological polar surface area (TPSA) is 53.4 Å². The zero-order valence-corrected chi connectivity index (χ0v) is 12.0. The van der Waals surface area contributed by atoms with Gasteiger partial charge in [-0.05, 0) is 17.9 Å². The van der Waals surface area contributed by atoms with Crippen molar-refractivity contribution in [3.63, 3.8) is 0 Å². The van der Waals surface area contributed by atoms with Crippen LogP contribution in [0.2, 0.25) is 0 Å². The SMILES string of the molecule is CC(C)(C)C1=CCN(c2ncc(F)cc2C(=O)O)CC1. The largest absolute Gasteiger partial charge is 0.478 e. The number of nitrogens with zero attached hydrogens (tertiary/aromatic N) is 2. The molecule has 0 bridgehead atoms. The molecular formula is C15H19FN2O2. The number of hydrogen-bond donors (Lipinski definition) is 1. The minimum atomic E-state index is -1.16. The highest BCUT2D eigenvalue weighted by Crippen LogP contribution is 2.31. The lowest BCUT2D eigenvalue weighted by Gasteiger charge is -2.33. The molecule has 1 N–H and O–H groups in total. The average Bonchev–Trinajstić information content (AvgIpc) is 2.37. The van der Waals surface area contributed by atoms with Gasteiger partial charge in [-0.1, -0.05) is 32.4 Å². The summed E-state index contributed by atoms with van der Waals surface area (Å²) in [7, 11) is 0. The minimum absolute atomic E-state index is 0.0855. The highest BCUT2D eigenvalue weighted by molar-refractivity contribution is 5.93. The fourth-order valence-electron chi connectivity index (χ4n) is 2.38. The second-order valence-electron chi connectivity index (χ2n) is 6.01. The van der Waals surface area contributed by atoms with Gasteiger partial charge in [0.15, 0.2) is 0 Å². The maximum absolute atomic E-state index is 13.1. The van der Waals surface area contributed by atoms with Gasteiger partial charge in [-0.25, -0.2) is 14.2 Å². The number of aromatic carboxylic acids is 1. The first-order valence-corrected chi connectivity index (χ1v) is 6.62. The lowest BCUT2D eigenvalue weighted by molar-refractivity contribution is 0.0696. The molecule has 0 atom stereocenters. The third-order valence-electron chi connectivity index (χ3n) is 3.54. The Morgan fingerprint density at radius 2 is 2.15 bits per heavy atom. The van der Waals surface area contributed by atoms with Crippen molar-refractivity contribution in [2.75, 3.05) is 18.0 Å².